The van der Waals surface area contributed by atoms with E-state index in [1.807, 2.05) is 43.3 Å². The summed E-state index contributed by atoms with van der Waals surface area (Å²) in [5, 5.41) is 5.84. The van der Waals surface area contributed by atoms with Gasteiger partial charge in [-0.2, -0.15) is 0 Å². The van der Waals surface area contributed by atoms with Gasteiger partial charge in [-0.25, -0.2) is 4.79 Å². The fourth-order valence-electron chi connectivity index (χ4n) is 2.68. The number of nitrogens with one attached hydrogen (secondary N) is 2. The largest absolute Gasteiger partial charge is 0.444 e. The highest BCUT2D eigenvalue weighted by Crippen LogP contribution is 2.25. The average molecular weight is 433 g/mol. The number of benzene rings is 2. The number of amides is 2. The van der Waals surface area contributed by atoms with Gasteiger partial charge in [-0.15, -0.1) is 0 Å². The highest BCUT2D eigenvalue weighted by Gasteiger charge is 2.30. The van der Waals surface area contributed by atoms with Gasteiger partial charge in [0.2, 0.25) is 5.91 Å². The third-order valence-corrected chi connectivity index (χ3v) is 4.73. The smallest absolute Gasteiger partial charge is 0.408 e. The van der Waals surface area contributed by atoms with Crippen LogP contribution in [-0.4, -0.2) is 29.7 Å². The predicted molar refractivity (Wildman–Crippen MR) is 119 cm³/mol. The third kappa shape index (κ3) is 7.35. The first-order valence-electron chi connectivity index (χ1n) is 9.78. The van der Waals surface area contributed by atoms with Crippen LogP contribution < -0.4 is 10.6 Å². The fourth-order valence-corrected chi connectivity index (χ4v) is 2.86. The number of hydrogen-bond donors (Lipinski definition) is 2. The Morgan fingerprint density at radius 1 is 1.07 bits per heavy atom. The summed E-state index contributed by atoms with van der Waals surface area (Å²) in [4.78, 5) is 25.3. The molecule has 162 valence electrons. The molecule has 2 aromatic carbocycles. The van der Waals surface area contributed by atoms with Gasteiger partial charge in [-0.05, 0) is 51.8 Å². The van der Waals surface area contributed by atoms with Gasteiger partial charge < -0.3 is 20.1 Å². The van der Waals surface area contributed by atoms with E-state index in [-0.39, 0.29) is 0 Å². The molecule has 0 aliphatic carbocycles. The van der Waals surface area contributed by atoms with Crippen molar-refractivity contribution in [2.45, 2.75) is 59.0 Å². The molecule has 0 radical (unpaired) electrons. The number of alkyl carbamates (subject to hydrolysis) is 1. The molecule has 30 heavy (non-hydrogen) atoms. The van der Waals surface area contributed by atoms with E-state index < -0.39 is 29.7 Å². The Bertz CT molecular complexity index is 865. The van der Waals surface area contributed by atoms with Gasteiger partial charge in [-0.1, -0.05) is 54.1 Å². The minimum Gasteiger partial charge on any atom is -0.444 e. The third-order valence-electron chi connectivity index (χ3n) is 4.23. The van der Waals surface area contributed by atoms with Crippen molar-refractivity contribution in [3.63, 3.8) is 0 Å². The van der Waals surface area contributed by atoms with Crippen LogP contribution in [0, 0.1) is 6.92 Å². The summed E-state index contributed by atoms with van der Waals surface area (Å²) in [6, 6.07) is 13.9. The van der Waals surface area contributed by atoms with E-state index in [0.717, 1.165) is 11.1 Å². The van der Waals surface area contributed by atoms with Crippen LogP contribution in [0.15, 0.2) is 48.5 Å². The predicted octanol–water partition coefficient (Wildman–Crippen LogP) is 5.09. The first-order chi connectivity index (χ1) is 14.1. The first-order valence-corrected chi connectivity index (χ1v) is 10.2. The molecule has 2 atom stereocenters. The van der Waals surface area contributed by atoms with Gasteiger partial charge in [0.1, 0.15) is 11.6 Å². The molecule has 0 aliphatic heterocycles. The maximum atomic E-state index is 13.0. The summed E-state index contributed by atoms with van der Waals surface area (Å²) >= 11 is 6.30. The van der Waals surface area contributed by atoms with E-state index in [0.29, 0.717) is 17.3 Å². The van der Waals surface area contributed by atoms with Gasteiger partial charge in [0.25, 0.3) is 0 Å². The van der Waals surface area contributed by atoms with Crippen LogP contribution in [0.5, 0.6) is 0 Å². The van der Waals surface area contributed by atoms with Crippen molar-refractivity contribution < 1.29 is 19.1 Å². The van der Waals surface area contributed by atoms with Crippen LogP contribution in [0.3, 0.4) is 0 Å². The first kappa shape index (κ1) is 23.7. The molecule has 2 aromatic rings. The zero-order valence-electron chi connectivity index (χ0n) is 18.0. The van der Waals surface area contributed by atoms with Crippen LogP contribution >= 0.6 is 11.6 Å². The lowest BCUT2D eigenvalue weighted by Crippen LogP contribution is -2.52. The van der Waals surface area contributed by atoms with Crippen molar-refractivity contribution in [2.24, 2.45) is 0 Å². The maximum Gasteiger partial charge on any atom is 0.408 e. The van der Waals surface area contributed by atoms with Crippen molar-refractivity contribution in [2.75, 3.05) is 5.32 Å². The van der Waals surface area contributed by atoms with E-state index >= 15 is 0 Å². The number of rotatable bonds is 7. The second-order valence-electron chi connectivity index (χ2n) is 8.05. The maximum absolute atomic E-state index is 13.0. The SMILES string of the molecule is Cc1cccc(NC(=O)[C@@H](NC(=O)OC(C)(C)C)[C@@H](C)OCc2ccccc2)c1Cl. The molecule has 0 bridgehead atoms. The molecule has 0 fully saturated rings. The number of carbonyl (C=O) groups excluding carboxylic acids is 2. The van der Waals surface area contributed by atoms with Gasteiger partial charge in [0, 0.05) is 0 Å². The van der Waals surface area contributed by atoms with Crippen LogP contribution in [0.25, 0.3) is 0 Å². The molecule has 0 aromatic heterocycles. The standard InChI is InChI=1S/C23H29ClN2O4/c1-15-10-9-13-18(19(15)24)25-21(27)20(26-22(28)30-23(3,4)5)16(2)29-14-17-11-7-6-8-12-17/h6-13,16,20H,14H2,1-5H3,(H,25,27)(H,26,28)/t16-,20+/m1/s1. The normalized spacial score (nSPS) is 13.3. The summed E-state index contributed by atoms with van der Waals surface area (Å²) in [7, 11) is 0. The molecule has 0 saturated carbocycles. The number of ether oxygens (including phenoxy) is 2. The average Bonchev–Trinajstić information content (AvgIpc) is 2.67. The van der Waals surface area contributed by atoms with Crippen molar-refractivity contribution in [3.05, 3.63) is 64.7 Å². The summed E-state index contributed by atoms with van der Waals surface area (Å²) in [6.45, 7) is 9.13. The lowest BCUT2D eigenvalue weighted by molar-refractivity contribution is -0.122. The lowest BCUT2D eigenvalue weighted by Gasteiger charge is -2.27. The highest BCUT2D eigenvalue weighted by molar-refractivity contribution is 6.34. The van der Waals surface area contributed by atoms with Crippen LogP contribution in [0.1, 0.15) is 38.8 Å². The Hall–Kier alpha value is -2.57. The number of anilines is 1. The fraction of sp³-hybridized carbons (Fsp3) is 0.391. The van der Waals surface area contributed by atoms with Crippen LogP contribution in [0.2, 0.25) is 5.02 Å². The summed E-state index contributed by atoms with van der Waals surface area (Å²) in [5.41, 5.74) is 1.56. The Kier molecular flexibility index (Phi) is 8.26. The molecule has 0 saturated heterocycles. The van der Waals surface area contributed by atoms with E-state index in [4.69, 9.17) is 21.1 Å². The number of hydrogen-bond acceptors (Lipinski definition) is 4. The van der Waals surface area contributed by atoms with Gasteiger partial charge in [-0.3, -0.25) is 4.79 Å². The molecule has 2 N–H and O–H groups in total. The Morgan fingerprint density at radius 3 is 2.37 bits per heavy atom. The van der Waals surface area contributed by atoms with Crippen LogP contribution in [0.4, 0.5) is 10.5 Å². The van der Waals surface area contributed by atoms with Crippen molar-refractivity contribution >= 4 is 29.3 Å². The van der Waals surface area contributed by atoms with Crippen molar-refractivity contribution in [1.29, 1.82) is 0 Å². The van der Waals surface area contributed by atoms with Gasteiger partial charge >= 0.3 is 6.09 Å². The summed E-state index contributed by atoms with van der Waals surface area (Å²) in [5.74, 6) is -0.450. The molecule has 0 aliphatic rings. The Balaban J connectivity index is 2.15. The Labute approximate surface area is 182 Å². The monoisotopic (exact) mass is 432 g/mol. The zero-order chi connectivity index (χ0) is 22.3. The Morgan fingerprint density at radius 2 is 1.73 bits per heavy atom. The molecule has 2 rings (SSSR count). The molecule has 2 amide bonds. The topological polar surface area (TPSA) is 76.7 Å². The molecular weight excluding hydrogens is 404 g/mol. The molecule has 7 heteroatoms. The summed E-state index contributed by atoms with van der Waals surface area (Å²) < 4.78 is 11.2. The van der Waals surface area contributed by atoms with Gasteiger partial charge in [0.05, 0.1) is 23.4 Å². The molecule has 0 unspecified atom stereocenters. The molecular formula is C23H29ClN2O4. The van der Waals surface area contributed by atoms with Gasteiger partial charge in [0.15, 0.2) is 0 Å². The highest BCUT2D eigenvalue weighted by atomic mass is 35.5. The van der Waals surface area contributed by atoms with E-state index in [1.54, 1.807) is 39.8 Å². The number of halogens is 1. The van der Waals surface area contributed by atoms with E-state index in [2.05, 4.69) is 10.6 Å². The lowest BCUT2D eigenvalue weighted by atomic mass is 10.1. The van der Waals surface area contributed by atoms with Crippen LogP contribution in [-0.2, 0) is 20.9 Å². The van der Waals surface area contributed by atoms with E-state index in [1.165, 1.54) is 0 Å². The quantitative estimate of drug-likeness (QED) is 0.639. The molecule has 0 heterocycles. The molecule has 0 spiro atoms. The minimum absolute atomic E-state index is 0.299. The number of aryl methyl sites for hydroxylation is 1. The second-order valence-corrected chi connectivity index (χ2v) is 8.43. The minimum atomic E-state index is -0.986. The van der Waals surface area contributed by atoms with E-state index in [9.17, 15) is 9.59 Å². The molecule has 6 nitrogen and oxygen atoms in total. The van der Waals surface area contributed by atoms with Crippen molar-refractivity contribution in [3.8, 4) is 0 Å². The van der Waals surface area contributed by atoms with Crippen molar-refractivity contribution in [1.82, 2.24) is 5.32 Å². The number of carbonyl (C=O) groups is 2. The summed E-state index contributed by atoms with van der Waals surface area (Å²) in [6.07, 6.45) is -1.32. The zero-order valence-corrected chi connectivity index (χ0v) is 18.7. The second kappa shape index (κ2) is 10.5.